The molecule has 0 atom stereocenters. The SMILES string of the molecule is C=C.C=CC(=O)OC(=C)/C(=C\C)OC. The van der Waals surface area contributed by atoms with E-state index < -0.39 is 5.97 Å². The molecule has 3 nitrogen and oxygen atoms in total. The predicted octanol–water partition coefficient (Wildman–Crippen LogP) is 2.58. The molecule has 0 saturated carbocycles. The first-order valence-corrected chi connectivity index (χ1v) is 3.89. The third-order valence-electron chi connectivity index (χ3n) is 1.15. The number of hydrogen-bond acceptors (Lipinski definition) is 3. The minimum Gasteiger partial charge on any atom is -0.493 e. The van der Waals surface area contributed by atoms with Crippen molar-refractivity contribution in [2.75, 3.05) is 7.11 Å². The van der Waals surface area contributed by atoms with Crippen LogP contribution in [0.2, 0.25) is 0 Å². The van der Waals surface area contributed by atoms with E-state index in [1.807, 2.05) is 0 Å². The highest BCUT2D eigenvalue weighted by Crippen LogP contribution is 2.09. The van der Waals surface area contributed by atoms with E-state index in [0.717, 1.165) is 6.08 Å². The van der Waals surface area contributed by atoms with Crippen molar-refractivity contribution < 1.29 is 14.3 Å². The lowest BCUT2D eigenvalue weighted by molar-refractivity contribution is -0.133. The van der Waals surface area contributed by atoms with Crippen LogP contribution in [0.25, 0.3) is 0 Å². The molecule has 78 valence electrons. The zero-order chi connectivity index (χ0) is 11.6. The van der Waals surface area contributed by atoms with E-state index in [9.17, 15) is 4.79 Å². The van der Waals surface area contributed by atoms with Crippen LogP contribution in [0.5, 0.6) is 0 Å². The summed E-state index contributed by atoms with van der Waals surface area (Å²) in [6.45, 7) is 14.5. The van der Waals surface area contributed by atoms with E-state index in [4.69, 9.17) is 9.47 Å². The second kappa shape index (κ2) is 9.32. The van der Waals surface area contributed by atoms with Crippen LogP contribution in [0.15, 0.2) is 50.0 Å². The third kappa shape index (κ3) is 5.83. The highest BCUT2D eigenvalue weighted by molar-refractivity contribution is 5.82. The van der Waals surface area contributed by atoms with Gasteiger partial charge >= 0.3 is 5.97 Å². The first-order chi connectivity index (χ1) is 6.65. The van der Waals surface area contributed by atoms with Gasteiger partial charge in [-0.2, -0.15) is 0 Å². The molecule has 14 heavy (non-hydrogen) atoms. The number of carbonyl (C=O) groups is 1. The number of rotatable bonds is 4. The number of methoxy groups -OCH3 is 1. The molecule has 0 fully saturated rings. The molecule has 0 aromatic heterocycles. The van der Waals surface area contributed by atoms with Crippen molar-refractivity contribution in [3.05, 3.63) is 50.0 Å². The van der Waals surface area contributed by atoms with Crippen LogP contribution in [-0.4, -0.2) is 13.1 Å². The fraction of sp³-hybridized carbons (Fsp3) is 0.182. The number of esters is 1. The summed E-state index contributed by atoms with van der Waals surface area (Å²) in [5.41, 5.74) is 0. The van der Waals surface area contributed by atoms with E-state index in [0.29, 0.717) is 5.76 Å². The topological polar surface area (TPSA) is 35.5 Å². The smallest absolute Gasteiger partial charge is 0.335 e. The van der Waals surface area contributed by atoms with Crippen molar-refractivity contribution in [2.24, 2.45) is 0 Å². The van der Waals surface area contributed by atoms with Crippen molar-refractivity contribution in [3.63, 3.8) is 0 Å². The first kappa shape index (κ1) is 14.7. The summed E-state index contributed by atoms with van der Waals surface area (Å²) in [5, 5.41) is 0. The van der Waals surface area contributed by atoms with Gasteiger partial charge in [-0.3, -0.25) is 0 Å². The zero-order valence-corrected chi connectivity index (χ0v) is 8.71. The van der Waals surface area contributed by atoms with Gasteiger partial charge in [-0.25, -0.2) is 4.79 Å². The molecular weight excluding hydrogens is 180 g/mol. The van der Waals surface area contributed by atoms with E-state index in [1.165, 1.54) is 7.11 Å². The molecule has 0 unspecified atom stereocenters. The van der Waals surface area contributed by atoms with Crippen molar-refractivity contribution in [3.8, 4) is 0 Å². The van der Waals surface area contributed by atoms with Crippen LogP contribution in [0.3, 0.4) is 0 Å². The number of carbonyl (C=O) groups excluding carboxylic acids is 1. The van der Waals surface area contributed by atoms with Gasteiger partial charge in [0, 0.05) is 6.08 Å². The fourth-order valence-corrected chi connectivity index (χ4v) is 0.606. The fourth-order valence-electron chi connectivity index (χ4n) is 0.606. The Labute approximate surface area is 85.0 Å². The Morgan fingerprint density at radius 2 is 1.86 bits per heavy atom. The predicted molar refractivity (Wildman–Crippen MR) is 57.4 cm³/mol. The van der Waals surface area contributed by atoms with Crippen molar-refractivity contribution in [1.29, 1.82) is 0 Å². The monoisotopic (exact) mass is 196 g/mol. The highest BCUT2D eigenvalue weighted by Gasteiger charge is 2.05. The molecule has 0 aliphatic heterocycles. The van der Waals surface area contributed by atoms with Crippen molar-refractivity contribution in [2.45, 2.75) is 6.92 Å². The standard InChI is InChI=1S/C9H12O3.C2H4/c1-5-8(11-4)7(3)12-9(10)6-2;1-2/h5-6H,2-3H2,1,4H3;1-2H2/b8-5+;. The van der Waals surface area contributed by atoms with Gasteiger partial charge in [-0.05, 0) is 13.0 Å². The van der Waals surface area contributed by atoms with Crippen LogP contribution >= 0.6 is 0 Å². The number of hydrogen-bond donors (Lipinski definition) is 0. The van der Waals surface area contributed by atoms with Gasteiger partial charge < -0.3 is 9.47 Å². The first-order valence-electron chi connectivity index (χ1n) is 3.89. The minimum absolute atomic E-state index is 0.185. The highest BCUT2D eigenvalue weighted by atomic mass is 16.6. The van der Waals surface area contributed by atoms with E-state index >= 15 is 0 Å². The molecule has 3 heteroatoms. The lowest BCUT2D eigenvalue weighted by Crippen LogP contribution is -2.02. The van der Waals surface area contributed by atoms with Gasteiger partial charge in [0.2, 0.25) is 0 Å². The zero-order valence-electron chi connectivity index (χ0n) is 8.71. The average molecular weight is 196 g/mol. The van der Waals surface area contributed by atoms with Crippen LogP contribution < -0.4 is 0 Å². The molecule has 0 heterocycles. The Hall–Kier alpha value is -1.77. The molecule has 0 amide bonds. The van der Waals surface area contributed by atoms with Gasteiger partial charge in [0.25, 0.3) is 0 Å². The normalized spacial score (nSPS) is 9.14. The molecule has 0 rings (SSSR count). The molecule has 0 radical (unpaired) electrons. The summed E-state index contributed by atoms with van der Waals surface area (Å²) < 4.78 is 9.56. The molecule has 0 aliphatic rings. The largest absolute Gasteiger partial charge is 0.493 e. The summed E-state index contributed by atoms with van der Waals surface area (Å²) in [5.74, 6) is 0.0755. The maximum absolute atomic E-state index is 10.7. The Balaban J connectivity index is 0. The van der Waals surface area contributed by atoms with E-state index in [2.05, 4.69) is 26.3 Å². The van der Waals surface area contributed by atoms with Gasteiger partial charge in [-0.15, -0.1) is 13.2 Å². The van der Waals surface area contributed by atoms with E-state index in [1.54, 1.807) is 13.0 Å². The second-order valence-electron chi connectivity index (χ2n) is 1.91. The summed E-state index contributed by atoms with van der Waals surface area (Å²) in [6.07, 6.45) is 2.72. The number of ether oxygens (including phenoxy) is 2. The van der Waals surface area contributed by atoms with Crippen LogP contribution in [0.1, 0.15) is 6.92 Å². The van der Waals surface area contributed by atoms with Crippen molar-refractivity contribution in [1.82, 2.24) is 0 Å². The van der Waals surface area contributed by atoms with Gasteiger partial charge in [-0.1, -0.05) is 13.2 Å². The summed E-state index contributed by atoms with van der Waals surface area (Å²) in [6, 6.07) is 0. The van der Waals surface area contributed by atoms with Crippen LogP contribution in [0, 0.1) is 0 Å². The number of allylic oxidation sites excluding steroid dienone is 1. The lowest BCUT2D eigenvalue weighted by atomic mass is 10.4. The lowest BCUT2D eigenvalue weighted by Gasteiger charge is -2.07. The van der Waals surface area contributed by atoms with Gasteiger partial charge in [0.1, 0.15) is 0 Å². The molecule has 0 saturated heterocycles. The Kier molecular flexibility index (Phi) is 9.81. The molecule has 0 aromatic rings. The Morgan fingerprint density at radius 3 is 2.14 bits per heavy atom. The second-order valence-corrected chi connectivity index (χ2v) is 1.91. The molecule has 0 bridgehead atoms. The molecule has 0 N–H and O–H groups in total. The van der Waals surface area contributed by atoms with E-state index in [-0.39, 0.29) is 5.76 Å². The average Bonchev–Trinajstić information content (AvgIpc) is 2.22. The summed E-state index contributed by atoms with van der Waals surface area (Å²) in [7, 11) is 1.47. The third-order valence-corrected chi connectivity index (χ3v) is 1.15. The van der Waals surface area contributed by atoms with Gasteiger partial charge in [0.15, 0.2) is 11.5 Å². The van der Waals surface area contributed by atoms with Crippen LogP contribution in [0.4, 0.5) is 0 Å². The summed E-state index contributed by atoms with van der Waals surface area (Å²) >= 11 is 0. The molecule has 0 aliphatic carbocycles. The summed E-state index contributed by atoms with van der Waals surface area (Å²) in [4.78, 5) is 10.7. The maximum atomic E-state index is 10.7. The quantitative estimate of drug-likeness (QED) is 0.228. The molecule has 0 spiro atoms. The maximum Gasteiger partial charge on any atom is 0.335 e. The molecular formula is C11H16O3. The Bertz CT molecular complexity index is 239. The van der Waals surface area contributed by atoms with Gasteiger partial charge in [0.05, 0.1) is 7.11 Å². The van der Waals surface area contributed by atoms with Crippen molar-refractivity contribution >= 4 is 5.97 Å². The van der Waals surface area contributed by atoms with Crippen LogP contribution in [-0.2, 0) is 14.3 Å². The molecule has 0 aromatic carbocycles. The minimum atomic E-state index is -0.545. The Morgan fingerprint density at radius 1 is 1.36 bits per heavy atom.